The zero-order valence-electron chi connectivity index (χ0n) is 16.5. The minimum atomic E-state index is -3.83. The number of anilines is 1. The molecule has 6 nitrogen and oxygen atoms in total. The van der Waals surface area contributed by atoms with Crippen LogP contribution in [-0.4, -0.2) is 32.1 Å². The lowest BCUT2D eigenvalue weighted by Gasteiger charge is -2.14. The number of carbonyl (C=O) groups is 1. The van der Waals surface area contributed by atoms with Crippen LogP contribution < -0.4 is 10.0 Å². The average Bonchev–Trinajstić information content (AvgIpc) is 2.67. The quantitative estimate of drug-likeness (QED) is 0.598. The Balaban J connectivity index is 2.21. The minimum Gasteiger partial charge on any atom is -0.394 e. The lowest BCUT2D eigenvalue weighted by atomic mass is 10.1. The second-order valence-corrected chi connectivity index (χ2v) is 8.62. The maximum absolute atomic E-state index is 12.7. The van der Waals surface area contributed by atoms with Crippen LogP contribution >= 0.6 is 0 Å². The summed E-state index contributed by atoms with van der Waals surface area (Å²) in [5, 5.41) is 11.7. The highest BCUT2D eigenvalue weighted by atomic mass is 32.2. The van der Waals surface area contributed by atoms with Crippen molar-refractivity contribution in [1.29, 1.82) is 0 Å². The highest BCUT2D eigenvalue weighted by Gasteiger charge is 2.19. The van der Waals surface area contributed by atoms with E-state index in [0.29, 0.717) is 11.3 Å². The molecule has 0 heterocycles. The van der Waals surface area contributed by atoms with Gasteiger partial charge in [-0.2, -0.15) is 0 Å². The molecule has 0 spiro atoms. The maximum Gasteiger partial charge on any atom is 0.261 e. The van der Waals surface area contributed by atoms with E-state index in [1.54, 1.807) is 32.0 Å². The van der Waals surface area contributed by atoms with Crippen LogP contribution in [0, 0.1) is 6.92 Å². The molecule has 0 fully saturated rings. The summed E-state index contributed by atoms with van der Waals surface area (Å²) < 4.78 is 28.0. The number of carbonyl (C=O) groups excluding carboxylic acids is 1. The van der Waals surface area contributed by atoms with Gasteiger partial charge in [0.1, 0.15) is 0 Å². The van der Waals surface area contributed by atoms with Gasteiger partial charge in [-0.25, -0.2) is 8.42 Å². The fourth-order valence-electron chi connectivity index (χ4n) is 2.69. The molecule has 0 saturated heterocycles. The molecule has 0 unspecified atom stereocenters. The molecule has 1 amide bonds. The van der Waals surface area contributed by atoms with Gasteiger partial charge in [-0.05, 0) is 62.1 Å². The van der Waals surface area contributed by atoms with E-state index < -0.39 is 22.0 Å². The normalized spacial score (nSPS) is 12.4. The summed E-state index contributed by atoms with van der Waals surface area (Å²) in [4.78, 5) is 12.4. The van der Waals surface area contributed by atoms with Gasteiger partial charge in [0.15, 0.2) is 0 Å². The first kappa shape index (κ1) is 21.9. The van der Waals surface area contributed by atoms with Crippen molar-refractivity contribution < 1.29 is 18.3 Å². The van der Waals surface area contributed by atoms with Crippen LogP contribution in [0.1, 0.15) is 48.2 Å². The largest absolute Gasteiger partial charge is 0.394 e. The monoisotopic (exact) mass is 404 g/mol. The highest BCUT2D eigenvalue weighted by Crippen LogP contribution is 2.20. The summed E-state index contributed by atoms with van der Waals surface area (Å²) >= 11 is 0. The van der Waals surface area contributed by atoms with Crippen LogP contribution in [0.3, 0.4) is 0 Å². The SMILES string of the molecule is CCCCc1ccc(NS(=O)(=O)c2ccc(C)c(C(=O)N[C@H](C)CO)c2)cc1. The smallest absolute Gasteiger partial charge is 0.261 e. The molecule has 0 aliphatic rings. The van der Waals surface area contributed by atoms with Gasteiger partial charge in [0.25, 0.3) is 15.9 Å². The van der Waals surface area contributed by atoms with E-state index >= 15 is 0 Å². The topological polar surface area (TPSA) is 95.5 Å². The summed E-state index contributed by atoms with van der Waals surface area (Å²) in [7, 11) is -3.83. The lowest BCUT2D eigenvalue weighted by Crippen LogP contribution is -2.35. The van der Waals surface area contributed by atoms with Crippen molar-refractivity contribution in [2.45, 2.75) is 51.0 Å². The zero-order chi connectivity index (χ0) is 20.7. The van der Waals surface area contributed by atoms with Crippen molar-refractivity contribution in [3.63, 3.8) is 0 Å². The van der Waals surface area contributed by atoms with Crippen LogP contribution in [0.4, 0.5) is 5.69 Å². The Bertz CT molecular complexity index is 909. The second kappa shape index (κ2) is 9.71. The van der Waals surface area contributed by atoms with Gasteiger partial charge >= 0.3 is 0 Å². The third-order valence-corrected chi connectivity index (χ3v) is 5.82. The van der Waals surface area contributed by atoms with Crippen molar-refractivity contribution >= 4 is 21.6 Å². The lowest BCUT2D eigenvalue weighted by molar-refractivity contribution is 0.0921. The Kier molecular flexibility index (Phi) is 7.60. The van der Waals surface area contributed by atoms with Crippen molar-refractivity contribution in [3.05, 3.63) is 59.2 Å². The van der Waals surface area contributed by atoms with Crippen molar-refractivity contribution in [1.82, 2.24) is 5.32 Å². The number of unbranched alkanes of at least 4 members (excludes halogenated alkanes) is 1. The number of sulfonamides is 1. The molecule has 2 aromatic rings. The van der Waals surface area contributed by atoms with Crippen LogP contribution in [0.15, 0.2) is 47.4 Å². The van der Waals surface area contributed by atoms with E-state index in [1.807, 2.05) is 12.1 Å². The first-order valence-electron chi connectivity index (χ1n) is 9.41. The van der Waals surface area contributed by atoms with E-state index in [0.717, 1.165) is 24.8 Å². The maximum atomic E-state index is 12.7. The van der Waals surface area contributed by atoms with E-state index in [1.165, 1.54) is 12.1 Å². The number of nitrogens with one attached hydrogen (secondary N) is 2. The summed E-state index contributed by atoms with van der Waals surface area (Å²) in [6, 6.07) is 11.3. The van der Waals surface area contributed by atoms with E-state index in [-0.39, 0.29) is 17.1 Å². The van der Waals surface area contributed by atoms with Crippen molar-refractivity contribution in [3.8, 4) is 0 Å². The number of hydrogen-bond acceptors (Lipinski definition) is 4. The highest BCUT2D eigenvalue weighted by molar-refractivity contribution is 7.92. The molecule has 0 aromatic heterocycles. The number of aryl methyl sites for hydroxylation is 2. The van der Waals surface area contributed by atoms with Gasteiger partial charge in [-0.1, -0.05) is 31.5 Å². The van der Waals surface area contributed by atoms with Gasteiger partial charge in [0.2, 0.25) is 0 Å². The van der Waals surface area contributed by atoms with E-state index in [4.69, 9.17) is 5.11 Å². The third kappa shape index (κ3) is 5.81. The molecule has 1 atom stereocenters. The predicted molar refractivity (Wildman–Crippen MR) is 111 cm³/mol. The minimum absolute atomic E-state index is 0.00922. The molecular weight excluding hydrogens is 376 g/mol. The number of aliphatic hydroxyl groups excluding tert-OH is 1. The Morgan fingerprint density at radius 1 is 1.14 bits per heavy atom. The molecule has 28 heavy (non-hydrogen) atoms. The number of amides is 1. The molecule has 7 heteroatoms. The van der Waals surface area contributed by atoms with Crippen molar-refractivity contribution in [2.75, 3.05) is 11.3 Å². The number of rotatable bonds is 9. The summed E-state index contributed by atoms with van der Waals surface area (Å²) in [5.74, 6) is -0.420. The number of aliphatic hydroxyl groups is 1. The summed E-state index contributed by atoms with van der Waals surface area (Å²) in [6.45, 7) is 5.33. The molecule has 152 valence electrons. The van der Waals surface area contributed by atoms with Gasteiger partial charge < -0.3 is 10.4 Å². The standard InChI is InChI=1S/C21H28N2O4S/c1-4-5-6-17-8-10-18(11-9-17)23-28(26,27)19-12-7-15(2)20(13-19)21(25)22-16(3)14-24/h7-13,16,23-24H,4-6,14H2,1-3H3,(H,22,25)/t16-/m1/s1. The van der Waals surface area contributed by atoms with Gasteiger partial charge in [0, 0.05) is 17.3 Å². The predicted octanol–water partition coefficient (Wildman–Crippen LogP) is 3.25. The Morgan fingerprint density at radius 2 is 1.82 bits per heavy atom. The molecule has 0 radical (unpaired) electrons. The van der Waals surface area contributed by atoms with Crippen LogP contribution in [0.25, 0.3) is 0 Å². The van der Waals surface area contributed by atoms with E-state index in [9.17, 15) is 13.2 Å². The fraction of sp³-hybridized carbons (Fsp3) is 0.381. The summed E-state index contributed by atoms with van der Waals surface area (Å²) in [5.41, 5.74) is 2.55. The van der Waals surface area contributed by atoms with Gasteiger partial charge in [-0.15, -0.1) is 0 Å². The number of hydrogen-bond donors (Lipinski definition) is 3. The molecule has 0 aliphatic heterocycles. The molecule has 2 aromatic carbocycles. The fourth-order valence-corrected chi connectivity index (χ4v) is 3.78. The Morgan fingerprint density at radius 3 is 2.43 bits per heavy atom. The Labute approximate surface area is 167 Å². The first-order chi connectivity index (χ1) is 13.3. The zero-order valence-corrected chi connectivity index (χ0v) is 17.3. The molecular formula is C21H28N2O4S. The molecule has 2 rings (SSSR count). The van der Waals surface area contributed by atoms with Gasteiger partial charge in [-0.3, -0.25) is 9.52 Å². The van der Waals surface area contributed by atoms with Crippen LogP contribution in [-0.2, 0) is 16.4 Å². The van der Waals surface area contributed by atoms with Crippen LogP contribution in [0.5, 0.6) is 0 Å². The number of benzene rings is 2. The van der Waals surface area contributed by atoms with E-state index in [2.05, 4.69) is 17.0 Å². The average molecular weight is 405 g/mol. The molecule has 3 N–H and O–H groups in total. The first-order valence-corrected chi connectivity index (χ1v) is 10.9. The molecule has 0 bridgehead atoms. The third-order valence-electron chi connectivity index (χ3n) is 4.44. The second-order valence-electron chi connectivity index (χ2n) is 6.94. The van der Waals surface area contributed by atoms with Crippen molar-refractivity contribution in [2.24, 2.45) is 0 Å². The summed E-state index contributed by atoms with van der Waals surface area (Å²) in [6.07, 6.45) is 3.16. The molecule has 0 saturated carbocycles. The Hall–Kier alpha value is -2.38. The van der Waals surface area contributed by atoms with Gasteiger partial charge in [0.05, 0.1) is 11.5 Å². The van der Waals surface area contributed by atoms with Crippen LogP contribution in [0.2, 0.25) is 0 Å². The molecule has 0 aliphatic carbocycles.